The van der Waals surface area contributed by atoms with Crippen molar-refractivity contribution in [2.24, 2.45) is 34.8 Å². The van der Waals surface area contributed by atoms with Gasteiger partial charge in [-0.05, 0) is 133 Å². The van der Waals surface area contributed by atoms with Crippen molar-refractivity contribution in [2.45, 2.75) is 287 Å². The van der Waals surface area contributed by atoms with Crippen LogP contribution < -0.4 is 49.5 Å². The lowest BCUT2D eigenvalue weighted by atomic mass is 9.97. The van der Waals surface area contributed by atoms with Crippen LogP contribution in [0.1, 0.15) is 250 Å². The highest BCUT2D eigenvalue weighted by Crippen LogP contribution is 2.57. The van der Waals surface area contributed by atoms with E-state index < -0.39 is 94.9 Å². The van der Waals surface area contributed by atoms with Crippen molar-refractivity contribution >= 4 is 172 Å². The number of unbranched alkanes of at least 4 members (excludes halogenated alkanes) is 4. The van der Waals surface area contributed by atoms with Gasteiger partial charge < -0.3 is 87.7 Å². The zero-order valence-corrected chi connectivity index (χ0v) is 77.8. The first-order chi connectivity index (χ1) is 57.5. The van der Waals surface area contributed by atoms with Gasteiger partial charge in [-0.2, -0.15) is 0 Å². The Balaban J connectivity index is 0.000000728. The van der Waals surface area contributed by atoms with Crippen molar-refractivity contribution in [3.63, 3.8) is 0 Å². The maximum Gasteiger partial charge on any atom is 0.407 e. The Kier molecular flexibility index (Phi) is 53.8. The molecule has 122 heavy (non-hydrogen) atoms. The van der Waals surface area contributed by atoms with Gasteiger partial charge in [0.2, 0.25) is 47.3 Å². The number of carbonyl (C=O) groups is 18. The minimum Gasteiger partial charge on any atom is -0.444 e. The van der Waals surface area contributed by atoms with Gasteiger partial charge in [0.25, 0.3) is 23.6 Å². The van der Waals surface area contributed by atoms with Gasteiger partial charge >= 0.3 is 30.2 Å². The molecule has 13 N–H and O–H groups in total. The number of ketones is 1. The van der Waals surface area contributed by atoms with Gasteiger partial charge in [-0.3, -0.25) is 67.6 Å². The molecule has 38 nitrogen and oxygen atoms in total. The number of rotatable bonds is 55. The number of amides is 15. The molecule has 5 saturated heterocycles. The Morgan fingerprint density at radius 3 is 1.10 bits per heavy atom. The van der Waals surface area contributed by atoms with Gasteiger partial charge in [0, 0.05) is 161 Å². The molecule has 0 spiro atoms. The third-order valence-corrected chi connectivity index (χ3v) is 24.2. The van der Waals surface area contributed by atoms with Crippen LogP contribution >= 0.6 is 64.8 Å². The lowest BCUT2D eigenvalue weighted by Gasteiger charge is -2.28. The van der Waals surface area contributed by atoms with E-state index in [4.69, 9.17) is 46.8 Å². The zero-order valence-electron chi connectivity index (χ0n) is 72.9. The molecule has 0 unspecified atom stereocenters. The van der Waals surface area contributed by atoms with E-state index >= 15 is 0 Å². The summed E-state index contributed by atoms with van der Waals surface area (Å²) in [6, 6.07) is -0.442. The van der Waals surface area contributed by atoms with Crippen molar-refractivity contribution in [3.05, 3.63) is 0 Å². The van der Waals surface area contributed by atoms with Crippen molar-refractivity contribution < 1.29 is 110 Å². The summed E-state index contributed by atoms with van der Waals surface area (Å²) in [5, 5.41) is 14.5. The van der Waals surface area contributed by atoms with Crippen LogP contribution in [0.4, 0.5) is 14.4 Å². The summed E-state index contributed by atoms with van der Waals surface area (Å²) in [7, 11) is 10.4. The van der Waals surface area contributed by atoms with Gasteiger partial charge in [-0.15, -0.1) is 10.1 Å². The topological polar surface area (TPSA) is 537 Å². The third-order valence-electron chi connectivity index (χ3n) is 17.9. The van der Waals surface area contributed by atoms with Crippen molar-refractivity contribution in [1.29, 1.82) is 0 Å². The molecule has 694 valence electrons. The summed E-state index contributed by atoms with van der Waals surface area (Å²) in [6.45, 7) is 21.8. The third kappa shape index (κ3) is 53.0. The highest BCUT2D eigenvalue weighted by Gasteiger charge is 2.37. The minimum absolute atomic E-state index is 0.0138. The molecule has 44 heteroatoms. The van der Waals surface area contributed by atoms with Gasteiger partial charge in [0.15, 0.2) is 0 Å². The number of nitrogens with zero attached hydrogens (tertiary/aromatic N) is 6. The van der Waals surface area contributed by atoms with E-state index in [-0.39, 0.29) is 200 Å². The average molecular weight is 1840 g/mol. The number of nitrogens with two attached hydrogens (primary N) is 4. The Morgan fingerprint density at radius 2 is 0.762 bits per heavy atom. The summed E-state index contributed by atoms with van der Waals surface area (Å²) in [5.74, 6) is -7.25. The van der Waals surface area contributed by atoms with E-state index in [1.165, 1.54) is 19.6 Å². The lowest BCUT2D eigenvalue weighted by molar-refractivity contribution is -0.197. The van der Waals surface area contributed by atoms with Crippen molar-refractivity contribution in [1.82, 2.24) is 56.3 Å². The molecule has 5 fully saturated rings. The van der Waals surface area contributed by atoms with E-state index in [1.807, 2.05) is 35.4 Å². The molecule has 0 saturated carbocycles. The smallest absolute Gasteiger partial charge is 0.407 e. The predicted octanol–water partition coefficient (Wildman–Crippen LogP) is 7.10. The first-order valence-corrected chi connectivity index (χ1v) is 48.5. The number of alkyl carbamates (subject to hydrolysis) is 3. The molecule has 0 aromatic rings. The molecule has 5 heterocycles. The highest BCUT2D eigenvalue weighted by atomic mass is 33.2. The van der Waals surface area contributed by atoms with Crippen molar-refractivity contribution in [3.8, 4) is 0 Å². The SMILES string of the molecule is CC.CC(C)(C)OC(=O)NCCC(=O)N(CCC(=O)CCCCC[C@H](CC1SS1)C(N)=O)CCN(CCC(=O)NCCCC[C@H](NC1SS1)C(N)=O)C(=O)CCNC(=O)OC(C)(C)C.CCCC(=O)N(CCC(=O)ON1C(=O)CCC1=O)CCN(CCC(=O)ON1C(=O)CCC1=O)C(=O)CCNC(=O)OC(C)(C)C.NCCCC[C@H](CC1SS1)C(N)=O. The molecule has 0 aliphatic carbocycles. The number of carbonyl (C=O) groups excluding carboxylic acids is 18. The van der Waals surface area contributed by atoms with Gasteiger partial charge in [-0.25, -0.2) is 24.0 Å². The summed E-state index contributed by atoms with van der Waals surface area (Å²) in [6.07, 6.45) is 6.81. The van der Waals surface area contributed by atoms with Crippen LogP contribution in [0.15, 0.2) is 0 Å². The van der Waals surface area contributed by atoms with E-state index in [1.54, 1.807) is 112 Å². The van der Waals surface area contributed by atoms with Crippen LogP contribution in [0.3, 0.4) is 0 Å². The second kappa shape index (κ2) is 59.4. The molecular weight excluding hydrogens is 1710 g/mol. The van der Waals surface area contributed by atoms with E-state index in [2.05, 4.69) is 26.6 Å². The first kappa shape index (κ1) is 111. The fourth-order valence-electron chi connectivity index (χ4n) is 11.4. The molecule has 0 radical (unpaired) electrons. The zero-order chi connectivity index (χ0) is 91.7. The highest BCUT2D eigenvalue weighted by molar-refractivity contribution is 8.93. The van der Waals surface area contributed by atoms with Crippen LogP contribution in [-0.4, -0.2) is 258 Å². The molecule has 5 rings (SSSR count). The normalized spacial score (nSPS) is 15.0. The number of nitrogens with one attached hydrogen (secondary N) is 5. The Hall–Kier alpha value is -7.52. The number of hydrogen-bond donors (Lipinski definition) is 9. The Morgan fingerprint density at radius 1 is 0.410 bits per heavy atom. The maximum absolute atomic E-state index is 13.6. The van der Waals surface area contributed by atoms with E-state index in [0.717, 1.165) is 44.9 Å². The fourth-order valence-corrected chi connectivity index (χ4v) is 15.2. The van der Waals surface area contributed by atoms with Crippen LogP contribution in [0.25, 0.3) is 0 Å². The molecule has 3 atom stereocenters. The fraction of sp³-hybridized carbons (Fsp3) is 0.769. The van der Waals surface area contributed by atoms with Gasteiger partial charge in [0.05, 0.1) is 28.0 Å². The summed E-state index contributed by atoms with van der Waals surface area (Å²) >= 11 is 0. The summed E-state index contributed by atoms with van der Waals surface area (Å²) in [4.78, 5) is 237. The number of primary amides is 3. The van der Waals surface area contributed by atoms with Crippen LogP contribution in [-0.2, 0) is 95.8 Å². The van der Waals surface area contributed by atoms with Crippen LogP contribution in [0, 0.1) is 11.8 Å². The monoisotopic (exact) mass is 1840 g/mol. The van der Waals surface area contributed by atoms with Gasteiger partial charge in [0.1, 0.15) is 27.3 Å². The summed E-state index contributed by atoms with van der Waals surface area (Å²) in [5.41, 5.74) is 19.6. The number of imide groups is 2. The van der Waals surface area contributed by atoms with E-state index in [0.29, 0.717) is 77.3 Å². The number of hydrogen-bond acceptors (Lipinski definition) is 31. The quantitative estimate of drug-likeness (QED) is 0.00963. The molecule has 0 bridgehead atoms. The molecule has 0 aromatic heterocycles. The number of hydroxylamine groups is 4. The van der Waals surface area contributed by atoms with E-state index in [9.17, 15) is 86.3 Å². The number of ether oxygens (including phenoxy) is 3. The van der Waals surface area contributed by atoms with Crippen LogP contribution in [0.2, 0.25) is 0 Å². The van der Waals surface area contributed by atoms with Crippen molar-refractivity contribution in [2.75, 3.05) is 85.1 Å². The standard InChI is InChI=1S/C40H70N8O10S4.C28H41N5O12.C8H16N2OS2.C2H6/c1-39(2,3)57-36(55)44-20-15-31(51)47(22-17-28(49)13-9-7-8-12-27(34(41)53)26-33-59-60-33)24-25-48(32(52)16-21-45-37(56)58-40(4,5)6)23-18-30(50)43-19-11-10-14-29(35(42)54)46-38-61-62-38;1-5-6-19(34)30(15-12-25(40)44-32-21(36)7-8-22(32)37)17-18-31(20(35)11-14-29-27(42)43-28(2,3)4)16-13-26(41)45-33-23(38)9-10-24(33)39;9-4-2-1-3-6(8(10)11)5-7-12-13-7;1-2/h27,29,33,38,46H,7-26H2,1-6H3,(H2,41,53)(H2,42,54)(H,43,50)(H,44,55)(H,45,56);5-18H2,1-4H3,(H,29,42);6-7H,1-5,9H2,(H2,10,11);1-2H3/t27-,29+;;6-;/m1.1./s1. The predicted molar refractivity (Wildman–Crippen MR) is 467 cm³/mol. The Bertz CT molecular complexity index is 3290. The first-order valence-electron chi connectivity index (χ1n) is 41.7. The molecular formula is C78H133N15O23S6. The molecule has 0 aromatic carbocycles. The van der Waals surface area contributed by atoms with Crippen LogP contribution in [0.5, 0.6) is 0 Å². The van der Waals surface area contributed by atoms with Gasteiger partial charge in [-0.1, -0.05) is 105 Å². The Labute approximate surface area is 740 Å². The number of Topliss-reactive ketones (excluding diaryl/α,β-unsaturated/α-hetero) is 1. The summed E-state index contributed by atoms with van der Waals surface area (Å²) < 4.78 is 16.9. The second-order valence-electron chi connectivity index (χ2n) is 31.7. The largest absolute Gasteiger partial charge is 0.444 e. The minimum atomic E-state index is -0.934. The molecule has 5 aliphatic rings. The maximum atomic E-state index is 13.6. The average Bonchev–Trinajstić information content (AvgIpc) is 1.71. The molecule has 5 aliphatic heterocycles. The second-order valence-corrected chi connectivity index (χ2v) is 40.5. The molecule has 15 amide bonds. The lowest BCUT2D eigenvalue weighted by Crippen LogP contribution is -2.44.